The predicted molar refractivity (Wildman–Crippen MR) is 122 cm³/mol. The first kappa shape index (κ1) is 18.7. The van der Waals surface area contributed by atoms with Crippen molar-refractivity contribution < 1.29 is 9.47 Å². The molecule has 0 saturated heterocycles. The summed E-state index contributed by atoms with van der Waals surface area (Å²) in [5, 5.41) is 0. The molecule has 0 radical (unpaired) electrons. The van der Waals surface area contributed by atoms with Gasteiger partial charge >= 0.3 is 176 Å². The molecule has 0 N–H and O–H groups in total. The van der Waals surface area contributed by atoms with Gasteiger partial charge in [0.15, 0.2) is 0 Å². The monoisotopic (exact) mass is 677 g/mol. The molecule has 126 valence electrons. The fraction of sp³-hybridized carbons (Fsp3) is 0.118. The second-order valence-electron chi connectivity index (χ2n) is 5.01. The van der Waals surface area contributed by atoms with E-state index < -0.39 is 6.35 Å². The molecule has 0 aliphatic carbocycles. The van der Waals surface area contributed by atoms with Crippen LogP contribution in [0.1, 0.15) is 11.1 Å². The third-order valence-corrected chi connectivity index (χ3v) is 13.9. The topological polar surface area (TPSA) is 30.8 Å². The number of nitrogens with zero attached hydrogens (tertiary/aromatic N) is 1. The molecule has 0 saturated carbocycles. The molecule has 2 aromatic rings. The number of ether oxygens (including phenoxy) is 2. The molecule has 1 aliphatic rings. The summed E-state index contributed by atoms with van der Waals surface area (Å²) in [4.78, 5) is 7.30. The quantitative estimate of drug-likeness (QED) is 0.308. The van der Waals surface area contributed by atoms with Crippen LogP contribution < -0.4 is 9.47 Å². The fourth-order valence-electron chi connectivity index (χ4n) is 2.34. The summed E-state index contributed by atoms with van der Waals surface area (Å²) in [6.07, 6.45) is -2.01. The summed E-state index contributed by atoms with van der Waals surface area (Å²) in [6, 6.07) is 14.3. The maximum atomic E-state index is 5.44. The van der Waals surface area contributed by atoms with Crippen LogP contribution in [0.4, 0.5) is 0 Å². The van der Waals surface area contributed by atoms with Crippen molar-refractivity contribution in [3.8, 4) is 11.5 Å². The number of halogens is 3. The molecule has 1 heterocycles. The van der Waals surface area contributed by atoms with Crippen LogP contribution in [0.2, 0.25) is 0 Å². The standard InChI is InChI=1S/C17H14BrI2NO2Se/c1-22-15-8-5-12(9-16(15)23-2)17-21-14(10-24(17,19)20)11-3-6-13(18)7-4-11/h3-10H,1-2H3. The van der Waals surface area contributed by atoms with Gasteiger partial charge in [0.05, 0.1) is 0 Å². The summed E-state index contributed by atoms with van der Waals surface area (Å²) in [5.74, 6) is 1.47. The Morgan fingerprint density at radius 2 is 1.54 bits per heavy atom. The average Bonchev–Trinajstić information content (AvgIpc) is 2.90. The molecule has 0 fully saturated rings. The van der Waals surface area contributed by atoms with Crippen molar-refractivity contribution in [2.75, 3.05) is 14.2 Å². The molecule has 3 rings (SSSR count). The van der Waals surface area contributed by atoms with Crippen molar-refractivity contribution in [1.82, 2.24) is 0 Å². The Labute approximate surface area is 174 Å². The van der Waals surface area contributed by atoms with Gasteiger partial charge in [-0.2, -0.15) is 0 Å². The van der Waals surface area contributed by atoms with E-state index in [1.807, 2.05) is 24.3 Å². The summed E-state index contributed by atoms with van der Waals surface area (Å²) >= 11 is 8.63. The normalized spacial score (nSPS) is 17.0. The van der Waals surface area contributed by atoms with Gasteiger partial charge in [-0.25, -0.2) is 0 Å². The molecule has 7 heteroatoms. The zero-order valence-electron chi connectivity index (χ0n) is 12.9. The Bertz CT molecular complexity index is 835. The van der Waals surface area contributed by atoms with Crippen molar-refractivity contribution in [2.24, 2.45) is 4.99 Å². The molecular formula is C17H14BrI2NO2Se. The summed E-state index contributed by atoms with van der Waals surface area (Å²) in [6.45, 7) is 0. The Morgan fingerprint density at radius 3 is 2.17 bits per heavy atom. The number of rotatable bonds is 4. The van der Waals surface area contributed by atoms with Crippen LogP contribution in [0.5, 0.6) is 11.5 Å². The zero-order valence-corrected chi connectivity index (χ0v) is 20.5. The predicted octanol–water partition coefficient (Wildman–Crippen LogP) is 5.70. The maximum absolute atomic E-state index is 5.44. The third-order valence-electron chi connectivity index (χ3n) is 3.51. The minimum atomic E-state index is -2.01. The fourth-order valence-corrected chi connectivity index (χ4v) is 11.4. The van der Waals surface area contributed by atoms with Crippen LogP contribution in [-0.2, 0) is 0 Å². The number of hydrogen-bond acceptors (Lipinski definition) is 3. The van der Waals surface area contributed by atoms with Crippen LogP contribution in [0.15, 0.2) is 56.9 Å². The van der Waals surface area contributed by atoms with Gasteiger partial charge in [0.25, 0.3) is 0 Å². The van der Waals surface area contributed by atoms with E-state index in [2.05, 4.69) is 79.8 Å². The zero-order chi connectivity index (χ0) is 17.3. The SMILES string of the molecule is COc1ccc(C2=NC(c3ccc(Br)cc3)=C[Se]2(I)I)cc1OC. The van der Waals surface area contributed by atoms with Gasteiger partial charge in [0, 0.05) is 0 Å². The van der Waals surface area contributed by atoms with E-state index in [9.17, 15) is 0 Å². The Kier molecular flexibility index (Phi) is 5.96. The Hall–Kier alpha value is -0.0905. The van der Waals surface area contributed by atoms with Crippen molar-refractivity contribution in [3.05, 3.63) is 63.0 Å². The molecule has 0 aromatic heterocycles. The van der Waals surface area contributed by atoms with Crippen molar-refractivity contribution in [3.63, 3.8) is 0 Å². The first-order chi connectivity index (χ1) is 11.4. The van der Waals surface area contributed by atoms with Crippen molar-refractivity contribution in [2.45, 2.75) is 0 Å². The third kappa shape index (κ3) is 3.85. The van der Waals surface area contributed by atoms with E-state index in [1.54, 1.807) is 14.2 Å². The second-order valence-corrected chi connectivity index (χ2v) is 32.6. The first-order valence-electron chi connectivity index (χ1n) is 6.96. The van der Waals surface area contributed by atoms with E-state index >= 15 is 0 Å². The molecule has 0 bridgehead atoms. The van der Waals surface area contributed by atoms with Gasteiger partial charge < -0.3 is 0 Å². The minimum absolute atomic E-state index is 0.732. The van der Waals surface area contributed by atoms with Gasteiger partial charge in [-0.15, -0.1) is 0 Å². The molecular weight excluding hydrogens is 663 g/mol. The van der Waals surface area contributed by atoms with E-state index in [0.717, 1.165) is 37.4 Å². The van der Waals surface area contributed by atoms with E-state index in [0.29, 0.717) is 0 Å². The van der Waals surface area contributed by atoms with Crippen LogP contribution in [-0.4, -0.2) is 25.2 Å². The van der Waals surface area contributed by atoms with Gasteiger partial charge in [-0.3, -0.25) is 0 Å². The van der Waals surface area contributed by atoms with E-state index in [-0.39, 0.29) is 0 Å². The summed E-state index contributed by atoms with van der Waals surface area (Å²) in [7, 11) is 3.30. The number of aliphatic imine (C=N–C) groups is 1. The Balaban J connectivity index is 2.02. The molecule has 0 atom stereocenters. The van der Waals surface area contributed by atoms with Crippen LogP contribution in [0, 0.1) is 0 Å². The van der Waals surface area contributed by atoms with Crippen LogP contribution in [0.25, 0.3) is 5.70 Å². The van der Waals surface area contributed by atoms with Gasteiger partial charge in [-0.1, -0.05) is 0 Å². The molecule has 24 heavy (non-hydrogen) atoms. The van der Waals surface area contributed by atoms with Gasteiger partial charge in [0.2, 0.25) is 0 Å². The molecule has 3 nitrogen and oxygen atoms in total. The van der Waals surface area contributed by atoms with Crippen LogP contribution >= 0.6 is 56.6 Å². The Morgan fingerprint density at radius 1 is 0.917 bits per heavy atom. The van der Waals surface area contributed by atoms with Crippen LogP contribution in [0.3, 0.4) is 0 Å². The number of methoxy groups -OCH3 is 2. The first-order valence-corrected chi connectivity index (χ1v) is 20.0. The molecule has 0 amide bonds. The second kappa shape index (κ2) is 7.65. The van der Waals surface area contributed by atoms with E-state index in [4.69, 9.17) is 14.5 Å². The van der Waals surface area contributed by atoms with Crippen molar-refractivity contribution in [1.29, 1.82) is 0 Å². The number of hydrogen-bond donors (Lipinski definition) is 0. The van der Waals surface area contributed by atoms with Gasteiger partial charge in [-0.05, 0) is 0 Å². The molecule has 2 aromatic carbocycles. The number of benzene rings is 2. The molecule has 0 unspecified atom stereocenters. The molecule has 1 aliphatic heterocycles. The van der Waals surface area contributed by atoms with Gasteiger partial charge in [0.1, 0.15) is 0 Å². The van der Waals surface area contributed by atoms with Crippen molar-refractivity contribution >= 4 is 73.3 Å². The molecule has 0 spiro atoms. The summed E-state index contributed by atoms with van der Waals surface area (Å²) < 4.78 is 13.0. The summed E-state index contributed by atoms with van der Waals surface area (Å²) in [5.41, 5.74) is 3.29. The van der Waals surface area contributed by atoms with E-state index in [1.165, 1.54) is 0 Å². The average molecular weight is 677 g/mol.